The van der Waals surface area contributed by atoms with Crippen LogP contribution in [0.4, 0.5) is 0 Å². The second kappa shape index (κ2) is 9.93. The highest BCUT2D eigenvalue weighted by molar-refractivity contribution is 6.42. The third kappa shape index (κ3) is 5.16. The molecule has 0 aliphatic heterocycles. The Labute approximate surface area is 194 Å². The zero-order valence-corrected chi connectivity index (χ0v) is 19.4. The quantitative estimate of drug-likeness (QED) is 0.388. The molecule has 1 aliphatic rings. The maximum Gasteiger partial charge on any atom is 0.254 e. The van der Waals surface area contributed by atoms with Gasteiger partial charge in [0.05, 0.1) is 16.6 Å². The van der Waals surface area contributed by atoms with Crippen LogP contribution in [0.3, 0.4) is 0 Å². The lowest BCUT2D eigenvalue weighted by Crippen LogP contribution is -2.41. The van der Waals surface area contributed by atoms with Gasteiger partial charge in [0.15, 0.2) is 0 Å². The molecule has 0 N–H and O–H groups in total. The lowest BCUT2D eigenvalue weighted by atomic mass is 9.93. The van der Waals surface area contributed by atoms with Crippen molar-refractivity contribution in [3.8, 4) is 0 Å². The van der Waals surface area contributed by atoms with Gasteiger partial charge in [-0.25, -0.2) is 0 Å². The summed E-state index contributed by atoms with van der Waals surface area (Å²) >= 11 is 12.3. The van der Waals surface area contributed by atoms with Gasteiger partial charge in [-0.2, -0.15) is 0 Å². The minimum Gasteiger partial charge on any atom is -0.345 e. The van der Waals surface area contributed by atoms with E-state index >= 15 is 0 Å². The van der Waals surface area contributed by atoms with Gasteiger partial charge < -0.3 is 9.47 Å². The highest BCUT2D eigenvalue weighted by Crippen LogP contribution is 2.28. The largest absolute Gasteiger partial charge is 0.345 e. The van der Waals surface area contributed by atoms with Gasteiger partial charge in [0.2, 0.25) is 0 Å². The summed E-state index contributed by atoms with van der Waals surface area (Å²) in [5.74, 6) is 0.0223. The summed E-state index contributed by atoms with van der Waals surface area (Å²) in [5.41, 5.74) is 4.30. The number of hydrogen-bond acceptors (Lipinski definition) is 1. The summed E-state index contributed by atoms with van der Waals surface area (Å²) in [4.78, 5) is 15.6. The molecule has 1 heterocycles. The molecule has 1 saturated carbocycles. The van der Waals surface area contributed by atoms with E-state index in [1.54, 1.807) is 18.2 Å². The topological polar surface area (TPSA) is 25.2 Å². The molecule has 0 unspecified atom stereocenters. The van der Waals surface area contributed by atoms with E-state index in [0.29, 0.717) is 22.2 Å². The highest BCUT2D eigenvalue weighted by atomic mass is 35.5. The molecule has 1 aliphatic carbocycles. The summed E-state index contributed by atoms with van der Waals surface area (Å²) in [6, 6.07) is 18.1. The van der Waals surface area contributed by atoms with Crippen molar-refractivity contribution < 1.29 is 4.79 Å². The first-order valence-electron chi connectivity index (χ1n) is 11.0. The Kier molecular flexibility index (Phi) is 7.04. The van der Waals surface area contributed by atoms with Crippen LogP contribution in [0.5, 0.6) is 0 Å². The zero-order valence-electron chi connectivity index (χ0n) is 17.9. The molecule has 162 valence electrons. The van der Waals surface area contributed by atoms with Crippen molar-refractivity contribution >= 4 is 29.1 Å². The second-order valence-electron chi connectivity index (χ2n) is 8.41. The van der Waals surface area contributed by atoms with E-state index < -0.39 is 0 Å². The zero-order chi connectivity index (χ0) is 21.8. The molecule has 31 heavy (non-hydrogen) atoms. The number of halogens is 2. The number of carbonyl (C=O) groups is 1. The van der Waals surface area contributed by atoms with Crippen LogP contribution in [0.15, 0.2) is 60.8 Å². The Bertz CT molecular complexity index is 1050. The Morgan fingerprint density at radius 1 is 1.00 bits per heavy atom. The number of benzene rings is 2. The normalized spacial score (nSPS) is 14.5. The summed E-state index contributed by atoms with van der Waals surface area (Å²) in [6.07, 6.45) is 7.77. The molecule has 1 fully saturated rings. The van der Waals surface area contributed by atoms with Crippen LogP contribution in [-0.2, 0) is 13.1 Å². The molecule has 3 nitrogen and oxygen atoms in total. The van der Waals surface area contributed by atoms with E-state index in [2.05, 4.69) is 54.1 Å². The van der Waals surface area contributed by atoms with Gasteiger partial charge in [0, 0.05) is 30.0 Å². The minimum absolute atomic E-state index is 0.0223. The summed E-state index contributed by atoms with van der Waals surface area (Å²) < 4.78 is 2.25. The van der Waals surface area contributed by atoms with Crippen molar-refractivity contribution in [2.45, 2.75) is 58.2 Å². The van der Waals surface area contributed by atoms with Crippen molar-refractivity contribution in [1.82, 2.24) is 9.47 Å². The molecule has 3 aromatic rings. The van der Waals surface area contributed by atoms with E-state index in [9.17, 15) is 4.79 Å². The number of nitrogens with zero attached hydrogens (tertiary/aromatic N) is 2. The average Bonchev–Trinajstić information content (AvgIpc) is 3.22. The van der Waals surface area contributed by atoms with Crippen molar-refractivity contribution in [2.75, 3.05) is 0 Å². The predicted octanol–water partition coefficient (Wildman–Crippen LogP) is 7.13. The van der Waals surface area contributed by atoms with Crippen molar-refractivity contribution in [1.29, 1.82) is 0 Å². The van der Waals surface area contributed by atoms with Crippen molar-refractivity contribution in [2.24, 2.45) is 0 Å². The first kappa shape index (κ1) is 22.0. The van der Waals surface area contributed by atoms with E-state index in [1.165, 1.54) is 30.4 Å². The van der Waals surface area contributed by atoms with Crippen LogP contribution in [0, 0.1) is 6.92 Å². The fourth-order valence-corrected chi connectivity index (χ4v) is 4.75. The van der Waals surface area contributed by atoms with Crippen LogP contribution < -0.4 is 0 Å². The minimum atomic E-state index is 0.0223. The predicted molar refractivity (Wildman–Crippen MR) is 128 cm³/mol. The van der Waals surface area contributed by atoms with Crippen LogP contribution in [0.2, 0.25) is 10.0 Å². The van der Waals surface area contributed by atoms with Gasteiger partial charge in [-0.05, 0) is 61.2 Å². The van der Waals surface area contributed by atoms with E-state index in [1.807, 2.05) is 4.90 Å². The van der Waals surface area contributed by atoms with Crippen LogP contribution in [-0.4, -0.2) is 21.4 Å². The van der Waals surface area contributed by atoms with E-state index in [-0.39, 0.29) is 11.9 Å². The fourth-order valence-electron chi connectivity index (χ4n) is 4.45. The Hall–Kier alpha value is -2.23. The third-order valence-corrected chi connectivity index (χ3v) is 7.04. The molecule has 0 saturated heterocycles. The van der Waals surface area contributed by atoms with Crippen molar-refractivity contribution in [3.63, 3.8) is 0 Å². The number of hydrogen-bond donors (Lipinski definition) is 0. The number of amides is 1. The molecule has 0 radical (unpaired) electrons. The lowest BCUT2D eigenvalue weighted by Gasteiger charge is -2.35. The van der Waals surface area contributed by atoms with Crippen LogP contribution in [0.1, 0.15) is 59.3 Å². The molecule has 0 bridgehead atoms. The van der Waals surface area contributed by atoms with Gasteiger partial charge in [-0.3, -0.25) is 4.79 Å². The van der Waals surface area contributed by atoms with Gasteiger partial charge >= 0.3 is 0 Å². The van der Waals surface area contributed by atoms with Gasteiger partial charge in [0.25, 0.3) is 5.91 Å². The molecular weight excluding hydrogens is 427 g/mol. The summed E-state index contributed by atoms with van der Waals surface area (Å²) in [5, 5.41) is 0.883. The molecule has 1 amide bonds. The first-order chi connectivity index (χ1) is 15.0. The van der Waals surface area contributed by atoms with Crippen LogP contribution in [0.25, 0.3) is 0 Å². The lowest BCUT2D eigenvalue weighted by molar-refractivity contribution is 0.0608. The molecule has 5 heteroatoms. The molecule has 1 aromatic heterocycles. The Morgan fingerprint density at radius 2 is 1.77 bits per heavy atom. The fraction of sp³-hybridized carbons (Fsp3) is 0.346. The Balaban J connectivity index is 1.61. The van der Waals surface area contributed by atoms with Crippen LogP contribution >= 0.6 is 23.2 Å². The molecule has 4 rings (SSSR count). The van der Waals surface area contributed by atoms with E-state index in [4.69, 9.17) is 23.2 Å². The average molecular weight is 455 g/mol. The maximum atomic E-state index is 13.6. The third-order valence-electron chi connectivity index (χ3n) is 6.30. The standard InChI is InChI=1S/C26H28Cl2N2O/c1-19-8-5-6-9-21(19)17-29-15-7-12-23(29)18-30(22-10-3-2-4-11-22)26(31)20-13-14-24(27)25(28)16-20/h5-9,12-16,22H,2-4,10-11,17-18H2,1H3. The smallest absolute Gasteiger partial charge is 0.254 e. The van der Waals surface area contributed by atoms with Gasteiger partial charge in [-0.1, -0.05) is 66.7 Å². The first-order valence-corrected chi connectivity index (χ1v) is 11.7. The van der Waals surface area contributed by atoms with Gasteiger partial charge in [0.1, 0.15) is 0 Å². The maximum absolute atomic E-state index is 13.6. The number of carbonyl (C=O) groups excluding carboxylic acids is 1. The van der Waals surface area contributed by atoms with Gasteiger partial charge in [-0.15, -0.1) is 0 Å². The Morgan fingerprint density at radius 3 is 2.52 bits per heavy atom. The SMILES string of the molecule is Cc1ccccc1Cn1cccc1CN(C(=O)c1ccc(Cl)c(Cl)c1)C1CCCCC1. The highest BCUT2D eigenvalue weighted by Gasteiger charge is 2.27. The number of aromatic nitrogens is 1. The second-order valence-corrected chi connectivity index (χ2v) is 9.22. The molecule has 0 spiro atoms. The van der Waals surface area contributed by atoms with Crippen molar-refractivity contribution in [3.05, 3.63) is 93.2 Å². The summed E-state index contributed by atoms with van der Waals surface area (Å²) in [7, 11) is 0. The number of aryl methyl sites for hydroxylation is 1. The molecule has 2 aromatic carbocycles. The summed E-state index contributed by atoms with van der Waals surface area (Å²) in [6.45, 7) is 3.53. The number of rotatable bonds is 6. The van der Waals surface area contributed by atoms with E-state index in [0.717, 1.165) is 25.1 Å². The molecule has 0 atom stereocenters. The molecular formula is C26H28Cl2N2O. The monoisotopic (exact) mass is 454 g/mol.